The number of ether oxygens (including phenoxy) is 1. The standard InChI is InChI=1S/C19H22N2O3/c1-13-8-6-7-11-15(13)12-16(18(20)22)21-19(23)17(24-2)14-9-4-3-5-10-14/h3-11,16-17H,12H2,1-2H3,(H2,20,22)(H,21,23)/t16-,17+/m0/s1. The molecule has 0 saturated heterocycles. The summed E-state index contributed by atoms with van der Waals surface area (Å²) in [4.78, 5) is 24.3. The number of benzene rings is 2. The number of carbonyl (C=O) groups excluding carboxylic acids is 2. The van der Waals surface area contributed by atoms with Crippen molar-refractivity contribution in [3.05, 3.63) is 71.3 Å². The third-order valence-electron chi connectivity index (χ3n) is 3.92. The topological polar surface area (TPSA) is 81.4 Å². The van der Waals surface area contributed by atoms with E-state index in [1.165, 1.54) is 7.11 Å². The highest BCUT2D eigenvalue weighted by Crippen LogP contribution is 2.17. The molecule has 0 saturated carbocycles. The number of rotatable bonds is 7. The molecule has 2 rings (SSSR count). The molecule has 0 aromatic heterocycles. The Morgan fingerprint density at radius 3 is 2.29 bits per heavy atom. The molecule has 2 aromatic carbocycles. The number of hydrogen-bond acceptors (Lipinski definition) is 3. The summed E-state index contributed by atoms with van der Waals surface area (Å²) in [5, 5.41) is 2.70. The molecule has 2 atom stereocenters. The maximum Gasteiger partial charge on any atom is 0.254 e. The van der Waals surface area contributed by atoms with Gasteiger partial charge in [0.05, 0.1) is 0 Å². The SMILES string of the molecule is CO[C@@H](C(=O)N[C@@H](Cc1ccccc1C)C(N)=O)c1ccccc1. The first kappa shape index (κ1) is 17.7. The van der Waals surface area contributed by atoms with Crippen LogP contribution in [0.15, 0.2) is 54.6 Å². The van der Waals surface area contributed by atoms with Gasteiger partial charge < -0.3 is 15.8 Å². The van der Waals surface area contributed by atoms with Gasteiger partial charge in [-0.15, -0.1) is 0 Å². The van der Waals surface area contributed by atoms with Crippen LogP contribution in [0.4, 0.5) is 0 Å². The number of methoxy groups -OCH3 is 1. The monoisotopic (exact) mass is 326 g/mol. The lowest BCUT2D eigenvalue weighted by molar-refractivity contribution is -0.134. The van der Waals surface area contributed by atoms with Crippen LogP contribution in [0.2, 0.25) is 0 Å². The van der Waals surface area contributed by atoms with Gasteiger partial charge in [0.2, 0.25) is 5.91 Å². The Morgan fingerprint density at radius 1 is 1.08 bits per heavy atom. The average Bonchev–Trinajstić information content (AvgIpc) is 2.57. The summed E-state index contributed by atoms with van der Waals surface area (Å²) in [6.45, 7) is 1.96. The predicted octanol–water partition coefficient (Wildman–Crippen LogP) is 1.90. The number of aryl methyl sites for hydroxylation is 1. The number of nitrogens with two attached hydrogens (primary N) is 1. The molecule has 0 heterocycles. The van der Waals surface area contributed by atoms with Crippen molar-refractivity contribution in [3.8, 4) is 0 Å². The fourth-order valence-corrected chi connectivity index (χ4v) is 2.55. The van der Waals surface area contributed by atoms with Crippen molar-refractivity contribution in [1.82, 2.24) is 5.32 Å². The normalized spacial score (nSPS) is 13.1. The molecule has 5 heteroatoms. The molecule has 3 N–H and O–H groups in total. The van der Waals surface area contributed by atoms with E-state index in [1.54, 1.807) is 12.1 Å². The van der Waals surface area contributed by atoms with Gasteiger partial charge in [-0.3, -0.25) is 9.59 Å². The van der Waals surface area contributed by atoms with Crippen LogP contribution in [0.3, 0.4) is 0 Å². The van der Waals surface area contributed by atoms with E-state index in [4.69, 9.17) is 10.5 Å². The number of primary amides is 1. The quantitative estimate of drug-likeness (QED) is 0.815. The second-order valence-electron chi connectivity index (χ2n) is 5.62. The zero-order chi connectivity index (χ0) is 17.5. The highest BCUT2D eigenvalue weighted by molar-refractivity contribution is 5.89. The highest BCUT2D eigenvalue weighted by atomic mass is 16.5. The Morgan fingerprint density at radius 2 is 1.71 bits per heavy atom. The molecular weight excluding hydrogens is 304 g/mol. The summed E-state index contributed by atoms with van der Waals surface area (Å²) in [5.41, 5.74) is 8.20. The molecule has 0 spiro atoms. The van der Waals surface area contributed by atoms with Gasteiger partial charge in [-0.05, 0) is 23.6 Å². The van der Waals surface area contributed by atoms with Gasteiger partial charge in [0.25, 0.3) is 5.91 Å². The number of carbonyl (C=O) groups is 2. The minimum atomic E-state index is -0.792. The van der Waals surface area contributed by atoms with Crippen molar-refractivity contribution in [3.63, 3.8) is 0 Å². The molecule has 0 aliphatic carbocycles. The molecule has 5 nitrogen and oxygen atoms in total. The molecule has 0 unspecified atom stereocenters. The van der Waals surface area contributed by atoms with Crippen LogP contribution in [-0.2, 0) is 20.7 Å². The van der Waals surface area contributed by atoms with Crippen LogP contribution in [0.5, 0.6) is 0 Å². The number of hydrogen-bond donors (Lipinski definition) is 2. The molecule has 0 aliphatic rings. The van der Waals surface area contributed by atoms with E-state index in [-0.39, 0.29) is 5.91 Å². The van der Waals surface area contributed by atoms with E-state index in [0.717, 1.165) is 16.7 Å². The van der Waals surface area contributed by atoms with Gasteiger partial charge in [0.15, 0.2) is 6.10 Å². The van der Waals surface area contributed by atoms with E-state index in [1.807, 2.05) is 49.4 Å². The Kier molecular flexibility index (Phi) is 6.09. The van der Waals surface area contributed by atoms with Gasteiger partial charge in [-0.1, -0.05) is 54.6 Å². The van der Waals surface area contributed by atoms with Crippen LogP contribution in [-0.4, -0.2) is 25.0 Å². The summed E-state index contributed by atoms with van der Waals surface area (Å²) in [7, 11) is 1.46. The zero-order valence-electron chi connectivity index (χ0n) is 13.9. The van der Waals surface area contributed by atoms with Crippen molar-refractivity contribution < 1.29 is 14.3 Å². The van der Waals surface area contributed by atoms with E-state index >= 15 is 0 Å². The van der Waals surface area contributed by atoms with E-state index in [0.29, 0.717) is 6.42 Å². The summed E-state index contributed by atoms with van der Waals surface area (Å²) in [6, 6.07) is 16.0. The first-order valence-corrected chi connectivity index (χ1v) is 7.75. The van der Waals surface area contributed by atoms with Crippen LogP contribution >= 0.6 is 0 Å². The van der Waals surface area contributed by atoms with Crippen molar-refractivity contribution >= 4 is 11.8 Å². The fourth-order valence-electron chi connectivity index (χ4n) is 2.55. The Balaban J connectivity index is 2.13. The minimum Gasteiger partial charge on any atom is -0.368 e. The summed E-state index contributed by atoms with van der Waals surface area (Å²) >= 11 is 0. The van der Waals surface area contributed by atoms with Gasteiger partial charge in [0.1, 0.15) is 6.04 Å². The van der Waals surface area contributed by atoms with Crippen LogP contribution < -0.4 is 11.1 Å². The predicted molar refractivity (Wildman–Crippen MR) is 92.2 cm³/mol. The molecule has 0 radical (unpaired) electrons. The smallest absolute Gasteiger partial charge is 0.254 e. The molecular formula is C19H22N2O3. The molecule has 0 fully saturated rings. The third-order valence-corrected chi connectivity index (χ3v) is 3.92. The zero-order valence-corrected chi connectivity index (χ0v) is 13.9. The second kappa shape index (κ2) is 8.26. The summed E-state index contributed by atoms with van der Waals surface area (Å²) in [6.07, 6.45) is -0.441. The molecule has 126 valence electrons. The molecule has 2 amide bonds. The highest BCUT2D eigenvalue weighted by Gasteiger charge is 2.25. The van der Waals surface area contributed by atoms with Crippen LogP contribution in [0.1, 0.15) is 22.8 Å². The van der Waals surface area contributed by atoms with Crippen molar-refractivity contribution in [2.24, 2.45) is 5.73 Å². The van der Waals surface area contributed by atoms with Gasteiger partial charge >= 0.3 is 0 Å². The molecule has 24 heavy (non-hydrogen) atoms. The van der Waals surface area contributed by atoms with Crippen molar-refractivity contribution in [2.75, 3.05) is 7.11 Å². The minimum absolute atomic E-state index is 0.346. The van der Waals surface area contributed by atoms with Gasteiger partial charge in [0, 0.05) is 13.5 Å². The largest absolute Gasteiger partial charge is 0.368 e. The second-order valence-corrected chi connectivity index (χ2v) is 5.62. The Hall–Kier alpha value is -2.66. The van der Waals surface area contributed by atoms with E-state index in [9.17, 15) is 9.59 Å². The van der Waals surface area contributed by atoms with Crippen LogP contribution in [0.25, 0.3) is 0 Å². The van der Waals surface area contributed by atoms with E-state index in [2.05, 4.69) is 5.32 Å². The number of nitrogens with one attached hydrogen (secondary N) is 1. The maximum atomic E-state index is 12.5. The molecule has 2 aromatic rings. The summed E-state index contributed by atoms with van der Waals surface area (Å²) in [5.74, 6) is -0.962. The Bertz CT molecular complexity index is 701. The van der Waals surface area contributed by atoms with Crippen LogP contribution in [0, 0.1) is 6.92 Å². The first-order chi connectivity index (χ1) is 11.5. The summed E-state index contributed by atoms with van der Waals surface area (Å²) < 4.78 is 5.29. The fraction of sp³-hybridized carbons (Fsp3) is 0.263. The van der Waals surface area contributed by atoms with Crippen molar-refractivity contribution in [1.29, 1.82) is 0 Å². The molecule has 0 aliphatic heterocycles. The van der Waals surface area contributed by atoms with Gasteiger partial charge in [-0.25, -0.2) is 0 Å². The number of amides is 2. The lowest BCUT2D eigenvalue weighted by Crippen LogP contribution is -2.47. The van der Waals surface area contributed by atoms with Crippen molar-refractivity contribution in [2.45, 2.75) is 25.5 Å². The maximum absolute atomic E-state index is 12.5. The average molecular weight is 326 g/mol. The van der Waals surface area contributed by atoms with Gasteiger partial charge in [-0.2, -0.15) is 0 Å². The lowest BCUT2D eigenvalue weighted by Gasteiger charge is -2.21. The Labute approximate surface area is 141 Å². The first-order valence-electron chi connectivity index (χ1n) is 7.75. The molecule has 0 bridgehead atoms. The lowest BCUT2D eigenvalue weighted by atomic mass is 10.00. The third kappa shape index (κ3) is 4.43. The van der Waals surface area contributed by atoms with E-state index < -0.39 is 18.1 Å².